The molecule has 5 nitrogen and oxygen atoms in total. The van der Waals surface area contributed by atoms with Crippen molar-refractivity contribution >= 4 is 23.2 Å². The minimum atomic E-state index is -1.05. The summed E-state index contributed by atoms with van der Waals surface area (Å²) in [6.45, 7) is 0.176. The molecule has 1 atom stereocenters. The highest BCUT2D eigenvalue weighted by molar-refractivity contribution is 7.10. The van der Waals surface area contributed by atoms with E-state index in [-0.39, 0.29) is 12.5 Å². The molecule has 1 aromatic heterocycles. The lowest BCUT2D eigenvalue weighted by atomic mass is 10.2. The van der Waals surface area contributed by atoms with Crippen molar-refractivity contribution in [3.63, 3.8) is 0 Å². The van der Waals surface area contributed by atoms with Gasteiger partial charge in [-0.25, -0.2) is 4.79 Å². The molecule has 0 aliphatic rings. The fourth-order valence-corrected chi connectivity index (χ4v) is 1.97. The van der Waals surface area contributed by atoms with Crippen LogP contribution in [0, 0.1) is 0 Å². The summed E-state index contributed by atoms with van der Waals surface area (Å²) >= 11 is 1.31. The second-order valence-electron chi connectivity index (χ2n) is 3.59. The number of carboxylic acid groups (broad SMARTS) is 1. The van der Waals surface area contributed by atoms with Gasteiger partial charge in [-0.15, -0.1) is 11.3 Å². The van der Waals surface area contributed by atoms with Crippen molar-refractivity contribution in [2.45, 2.75) is 6.04 Å². The van der Waals surface area contributed by atoms with Crippen LogP contribution in [-0.2, 0) is 9.59 Å². The van der Waals surface area contributed by atoms with E-state index in [4.69, 9.17) is 5.11 Å². The largest absolute Gasteiger partial charge is 0.479 e. The number of aliphatic carboxylic acids is 1. The molecule has 0 bridgehead atoms. The van der Waals surface area contributed by atoms with Gasteiger partial charge >= 0.3 is 5.97 Å². The number of thiophene rings is 1. The molecule has 0 radical (unpaired) electrons. The van der Waals surface area contributed by atoms with E-state index >= 15 is 0 Å². The lowest BCUT2D eigenvalue weighted by molar-refractivity contribution is -0.142. The highest BCUT2D eigenvalue weighted by atomic mass is 32.1. The summed E-state index contributed by atoms with van der Waals surface area (Å²) in [5.41, 5.74) is 0. The molecule has 1 aromatic rings. The third kappa shape index (κ3) is 3.63. The van der Waals surface area contributed by atoms with Gasteiger partial charge in [0.25, 0.3) is 0 Å². The van der Waals surface area contributed by atoms with Crippen LogP contribution in [0.3, 0.4) is 0 Å². The molecule has 0 aromatic carbocycles. The van der Waals surface area contributed by atoms with Gasteiger partial charge in [0.15, 0.2) is 6.04 Å². The second kappa shape index (κ2) is 5.62. The Morgan fingerprint density at radius 3 is 2.69 bits per heavy atom. The van der Waals surface area contributed by atoms with E-state index in [0.29, 0.717) is 4.88 Å². The number of nitrogens with one attached hydrogen (secondary N) is 1. The van der Waals surface area contributed by atoms with E-state index in [1.54, 1.807) is 36.5 Å². The third-order valence-corrected chi connectivity index (χ3v) is 2.78. The van der Waals surface area contributed by atoms with Crippen LogP contribution in [0.15, 0.2) is 17.5 Å². The zero-order valence-corrected chi connectivity index (χ0v) is 9.95. The van der Waals surface area contributed by atoms with Crippen molar-refractivity contribution in [1.82, 2.24) is 10.2 Å². The Labute approximate surface area is 97.7 Å². The fourth-order valence-electron chi connectivity index (χ4n) is 1.20. The minimum absolute atomic E-state index is 0.176. The zero-order chi connectivity index (χ0) is 12.1. The molecule has 0 saturated carbocycles. The number of likely N-dealkylation sites (N-methyl/N-ethyl adjacent to an activating group) is 1. The summed E-state index contributed by atoms with van der Waals surface area (Å²) < 4.78 is 0. The highest BCUT2D eigenvalue weighted by Gasteiger charge is 2.22. The average molecular weight is 242 g/mol. The van der Waals surface area contributed by atoms with Crippen LogP contribution in [0.2, 0.25) is 0 Å². The lowest BCUT2D eigenvalue weighted by Crippen LogP contribution is -2.38. The minimum Gasteiger partial charge on any atom is -0.479 e. The van der Waals surface area contributed by atoms with Crippen LogP contribution < -0.4 is 5.32 Å². The SMILES string of the molecule is CN(C)CC(=O)NC(C(=O)O)c1cccs1. The van der Waals surface area contributed by atoms with Crippen LogP contribution in [0.5, 0.6) is 0 Å². The van der Waals surface area contributed by atoms with E-state index in [1.807, 2.05) is 0 Å². The molecule has 16 heavy (non-hydrogen) atoms. The van der Waals surface area contributed by atoms with Crippen molar-refractivity contribution in [1.29, 1.82) is 0 Å². The molecule has 0 saturated heterocycles. The number of nitrogens with zero attached hydrogens (tertiary/aromatic N) is 1. The number of amides is 1. The molecule has 0 aliphatic carbocycles. The Hall–Kier alpha value is -1.40. The molecule has 1 rings (SSSR count). The van der Waals surface area contributed by atoms with Crippen LogP contribution in [0.4, 0.5) is 0 Å². The number of carbonyl (C=O) groups is 2. The van der Waals surface area contributed by atoms with E-state index in [9.17, 15) is 9.59 Å². The summed E-state index contributed by atoms with van der Waals surface area (Å²) in [6.07, 6.45) is 0. The maximum Gasteiger partial charge on any atom is 0.331 e. The molecule has 88 valence electrons. The Morgan fingerprint density at radius 1 is 1.56 bits per heavy atom. The van der Waals surface area contributed by atoms with Gasteiger partial charge in [-0.2, -0.15) is 0 Å². The lowest BCUT2D eigenvalue weighted by Gasteiger charge is -2.15. The Bertz CT molecular complexity index is 362. The molecule has 1 heterocycles. The van der Waals surface area contributed by atoms with E-state index in [0.717, 1.165) is 0 Å². The molecule has 6 heteroatoms. The van der Waals surface area contributed by atoms with Crippen LogP contribution in [-0.4, -0.2) is 42.5 Å². The number of hydrogen-bond acceptors (Lipinski definition) is 4. The Balaban J connectivity index is 2.67. The van der Waals surface area contributed by atoms with Gasteiger partial charge in [-0.3, -0.25) is 4.79 Å². The first-order valence-electron chi connectivity index (χ1n) is 4.71. The normalized spacial score (nSPS) is 12.4. The summed E-state index contributed by atoms with van der Waals surface area (Å²) in [5.74, 6) is -1.35. The predicted octanol–water partition coefficient (Wildman–Crippen LogP) is 0.552. The summed E-state index contributed by atoms with van der Waals surface area (Å²) in [4.78, 5) is 24.8. The zero-order valence-electron chi connectivity index (χ0n) is 9.14. The van der Waals surface area contributed by atoms with E-state index in [2.05, 4.69) is 5.32 Å². The first-order chi connectivity index (χ1) is 7.50. The van der Waals surface area contributed by atoms with Crippen molar-refractivity contribution < 1.29 is 14.7 Å². The van der Waals surface area contributed by atoms with Crippen molar-refractivity contribution in [2.24, 2.45) is 0 Å². The van der Waals surface area contributed by atoms with Gasteiger partial charge in [0, 0.05) is 4.88 Å². The van der Waals surface area contributed by atoms with Gasteiger partial charge in [0.2, 0.25) is 5.91 Å². The van der Waals surface area contributed by atoms with Crippen molar-refractivity contribution in [3.05, 3.63) is 22.4 Å². The second-order valence-corrected chi connectivity index (χ2v) is 4.57. The third-order valence-electron chi connectivity index (χ3n) is 1.84. The maximum atomic E-state index is 11.5. The van der Waals surface area contributed by atoms with Gasteiger partial charge < -0.3 is 15.3 Å². The number of carboxylic acids is 1. The van der Waals surface area contributed by atoms with Crippen LogP contribution in [0.1, 0.15) is 10.9 Å². The smallest absolute Gasteiger partial charge is 0.331 e. The van der Waals surface area contributed by atoms with Gasteiger partial charge in [-0.1, -0.05) is 6.07 Å². The number of carbonyl (C=O) groups excluding carboxylic acids is 1. The van der Waals surface area contributed by atoms with Crippen molar-refractivity contribution in [3.8, 4) is 0 Å². The topological polar surface area (TPSA) is 69.6 Å². The number of rotatable bonds is 5. The standard InChI is InChI=1S/C10H14N2O3S/c1-12(2)6-8(13)11-9(10(14)15)7-4-3-5-16-7/h3-5,9H,6H2,1-2H3,(H,11,13)(H,14,15). The summed E-state index contributed by atoms with van der Waals surface area (Å²) in [5, 5.41) is 13.3. The van der Waals surface area contributed by atoms with Crippen molar-refractivity contribution in [2.75, 3.05) is 20.6 Å². The average Bonchev–Trinajstić information content (AvgIpc) is 2.64. The summed E-state index contributed by atoms with van der Waals surface area (Å²) in [6, 6.07) is 2.50. The van der Waals surface area contributed by atoms with Crippen LogP contribution >= 0.6 is 11.3 Å². The first kappa shape index (κ1) is 12.7. The van der Waals surface area contributed by atoms with Gasteiger partial charge in [-0.05, 0) is 25.5 Å². The van der Waals surface area contributed by atoms with Crippen LogP contribution in [0.25, 0.3) is 0 Å². The quantitative estimate of drug-likeness (QED) is 0.791. The fraction of sp³-hybridized carbons (Fsp3) is 0.400. The van der Waals surface area contributed by atoms with E-state index < -0.39 is 12.0 Å². The molecule has 1 unspecified atom stereocenters. The molecular formula is C10H14N2O3S. The monoisotopic (exact) mass is 242 g/mol. The van der Waals surface area contributed by atoms with Gasteiger partial charge in [0.1, 0.15) is 0 Å². The maximum absolute atomic E-state index is 11.5. The highest BCUT2D eigenvalue weighted by Crippen LogP contribution is 2.18. The number of hydrogen-bond donors (Lipinski definition) is 2. The molecule has 0 aliphatic heterocycles. The molecule has 1 amide bonds. The molecule has 0 spiro atoms. The summed E-state index contributed by atoms with van der Waals surface area (Å²) in [7, 11) is 3.50. The Morgan fingerprint density at radius 2 is 2.25 bits per heavy atom. The Kier molecular flexibility index (Phi) is 4.45. The van der Waals surface area contributed by atoms with E-state index in [1.165, 1.54) is 11.3 Å². The molecule has 2 N–H and O–H groups in total. The molecule has 0 fully saturated rings. The van der Waals surface area contributed by atoms with Gasteiger partial charge in [0.05, 0.1) is 6.54 Å². The first-order valence-corrected chi connectivity index (χ1v) is 5.59. The predicted molar refractivity (Wildman–Crippen MR) is 61.4 cm³/mol. The molecular weight excluding hydrogens is 228 g/mol.